The molecule has 0 bridgehead atoms. The van der Waals surface area contributed by atoms with Crippen LogP contribution < -0.4 is 15.1 Å². The molecule has 0 saturated carbocycles. The molecule has 1 fully saturated rings. The molecule has 0 aliphatic carbocycles. The fourth-order valence-corrected chi connectivity index (χ4v) is 6.25. The van der Waals surface area contributed by atoms with E-state index in [1.165, 1.54) is 73.7 Å². The minimum Gasteiger partial charge on any atom is -0.504 e. The largest absolute Gasteiger partial charge is 0.504 e. The first-order valence-corrected chi connectivity index (χ1v) is 18.9. The minimum absolute atomic E-state index is 0.0317. The quantitative estimate of drug-likeness (QED) is 0.0756. The first-order valence-electron chi connectivity index (χ1n) is 18.9. The fraction of sp³-hybridized carbons (Fsp3) is 0.174. The summed E-state index contributed by atoms with van der Waals surface area (Å²) in [6.07, 6.45) is -8.30. The monoisotopic (exact) mass is 828 g/mol. The maximum absolute atomic E-state index is 13.9. The van der Waals surface area contributed by atoms with E-state index in [-0.39, 0.29) is 45.4 Å². The Morgan fingerprint density at radius 1 is 0.607 bits per heavy atom. The molecule has 5 aromatic carbocycles. The SMILES string of the molecule is CCC(=O)Oc1c(O)c2ccc(O[C@@H]3O[C@H](COC(=O)c4ccccc4)[C@H](OC(=O)c4ccccc4)[C@H](OC(=O)c4ccccc4)[C@H]3OC(=O)c3ccccc3)cc2oc1=O. The second-order valence-electron chi connectivity index (χ2n) is 13.4. The van der Waals surface area contributed by atoms with E-state index < -0.39 is 84.3 Å². The van der Waals surface area contributed by atoms with Crippen molar-refractivity contribution in [1.82, 2.24) is 0 Å². The van der Waals surface area contributed by atoms with E-state index in [1.807, 2.05) is 0 Å². The number of carbonyl (C=O) groups excluding carboxylic acids is 5. The standard InChI is InChI=1S/C46H36O15/c1-2-35(47)58-38-36(48)32-24-23-31(25-33(32)56-45(38)53)55-46-40(61-44(52)30-21-13-6-14-22-30)39(60-43(51)29-19-11-5-12-20-29)37(59-42(50)28-17-9-4-10-18-28)34(57-46)26-54-41(49)27-15-7-3-8-16-27/h3-25,34,37,39-40,46,48H,2,26H2,1H3/t34-,37+,39+,40-,46-/m1/s1. The van der Waals surface area contributed by atoms with Crippen molar-refractivity contribution in [3.8, 4) is 17.2 Å². The molecule has 0 unspecified atom stereocenters. The van der Waals surface area contributed by atoms with Crippen LogP contribution in [0.5, 0.6) is 17.2 Å². The van der Waals surface area contributed by atoms with Gasteiger partial charge in [-0.3, -0.25) is 4.79 Å². The first-order chi connectivity index (χ1) is 29.6. The van der Waals surface area contributed by atoms with E-state index in [9.17, 15) is 33.9 Å². The predicted octanol–water partition coefficient (Wildman–Crippen LogP) is 6.45. The average Bonchev–Trinajstić information content (AvgIpc) is 3.29. The molecule has 5 atom stereocenters. The number of hydrogen-bond donors (Lipinski definition) is 1. The molecule has 7 rings (SSSR count). The van der Waals surface area contributed by atoms with Crippen molar-refractivity contribution < 1.29 is 66.7 Å². The molecule has 310 valence electrons. The Balaban J connectivity index is 1.32. The zero-order valence-electron chi connectivity index (χ0n) is 32.2. The molecule has 2 heterocycles. The van der Waals surface area contributed by atoms with Crippen LogP contribution in [-0.2, 0) is 28.5 Å². The Bertz CT molecular complexity index is 2580. The van der Waals surface area contributed by atoms with Crippen LogP contribution in [0.2, 0.25) is 0 Å². The molecule has 15 heteroatoms. The second-order valence-corrected chi connectivity index (χ2v) is 13.4. The molecular formula is C46H36O15. The van der Waals surface area contributed by atoms with Gasteiger partial charge in [-0.15, -0.1) is 0 Å². The highest BCUT2D eigenvalue weighted by Crippen LogP contribution is 2.36. The highest BCUT2D eigenvalue weighted by molar-refractivity contribution is 5.92. The van der Waals surface area contributed by atoms with Gasteiger partial charge in [-0.25, -0.2) is 24.0 Å². The normalized spacial score (nSPS) is 18.3. The lowest BCUT2D eigenvalue weighted by Gasteiger charge is -2.44. The number of ether oxygens (including phenoxy) is 7. The van der Waals surface area contributed by atoms with Crippen LogP contribution in [0.15, 0.2) is 149 Å². The summed E-state index contributed by atoms with van der Waals surface area (Å²) in [5.74, 6) is -5.71. The van der Waals surface area contributed by atoms with Gasteiger partial charge in [0.15, 0.2) is 18.0 Å². The van der Waals surface area contributed by atoms with E-state index in [0.717, 1.165) is 0 Å². The number of rotatable bonds is 13. The van der Waals surface area contributed by atoms with Gasteiger partial charge in [0.2, 0.25) is 12.4 Å². The summed E-state index contributed by atoms with van der Waals surface area (Å²) < 4.78 is 46.8. The van der Waals surface area contributed by atoms with Crippen LogP contribution in [0.3, 0.4) is 0 Å². The van der Waals surface area contributed by atoms with Crippen LogP contribution >= 0.6 is 0 Å². The summed E-state index contributed by atoms with van der Waals surface area (Å²) in [7, 11) is 0. The summed E-state index contributed by atoms with van der Waals surface area (Å²) in [5, 5.41) is 10.8. The van der Waals surface area contributed by atoms with Gasteiger partial charge in [0.05, 0.1) is 27.6 Å². The molecule has 0 radical (unpaired) electrons. The molecule has 1 aliphatic heterocycles. The minimum atomic E-state index is -1.73. The van der Waals surface area contributed by atoms with Crippen LogP contribution in [0.25, 0.3) is 11.0 Å². The van der Waals surface area contributed by atoms with E-state index in [1.54, 1.807) is 72.8 Å². The fourth-order valence-electron chi connectivity index (χ4n) is 6.25. The maximum atomic E-state index is 13.9. The molecule has 15 nitrogen and oxygen atoms in total. The maximum Gasteiger partial charge on any atom is 0.383 e. The van der Waals surface area contributed by atoms with Gasteiger partial charge in [0.25, 0.3) is 5.75 Å². The van der Waals surface area contributed by atoms with Crippen molar-refractivity contribution in [2.24, 2.45) is 0 Å². The van der Waals surface area contributed by atoms with Gasteiger partial charge in [-0.05, 0) is 60.7 Å². The molecule has 6 aromatic rings. The number of esters is 5. The molecule has 1 saturated heterocycles. The summed E-state index contributed by atoms with van der Waals surface area (Å²) in [4.78, 5) is 79.5. The summed E-state index contributed by atoms with van der Waals surface area (Å²) >= 11 is 0. The Morgan fingerprint density at radius 2 is 1.08 bits per heavy atom. The van der Waals surface area contributed by atoms with Crippen LogP contribution in [0.4, 0.5) is 0 Å². The van der Waals surface area contributed by atoms with E-state index in [2.05, 4.69) is 0 Å². The van der Waals surface area contributed by atoms with Gasteiger partial charge in [0.1, 0.15) is 24.0 Å². The van der Waals surface area contributed by atoms with Gasteiger partial charge >= 0.3 is 35.5 Å². The van der Waals surface area contributed by atoms with E-state index >= 15 is 0 Å². The predicted molar refractivity (Wildman–Crippen MR) is 213 cm³/mol. The van der Waals surface area contributed by atoms with Crippen molar-refractivity contribution in [2.75, 3.05) is 6.61 Å². The molecule has 1 aliphatic rings. The van der Waals surface area contributed by atoms with Crippen LogP contribution in [0.1, 0.15) is 54.8 Å². The smallest absolute Gasteiger partial charge is 0.383 e. The highest BCUT2D eigenvalue weighted by Gasteiger charge is 2.54. The van der Waals surface area contributed by atoms with Crippen LogP contribution in [-0.4, -0.2) is 72.3 Å². The lowest BCUT2D eigenvalue weighted by Crippen LogP contribution is -2.63. The van der Waals surface area contributed by atoms with E-state index in [0.29, 0.717) is 0 Å². The third kappa shape index (κ3) is 9.75. The van der Waals surface area contributed by atoms with Crippen molar-refractivity contribution in [3.05, 3.63) is 172 Å². The second kappa shape index (κ2) is 18.9. The Labute approximate surface area is 346 Å². The molecule has 0 amide bonds. The van der Waals surface area contributed by atoms with Gasteiger partial charge in [0, 0.05) is 12.5 Å². The van der Waals surface area contributed by atoms with Gasteiger partial charge < -0.3 is 42.7 Å². The number of carbonyl (C=O) groups is 5. The molecular weight excluding hydrogens is 792 g/mol. The van der Waals surface area contributed by atoms with E-state index in [4.69, 9.17) is 37.6 Å². The third-order valence-corrected chi connectivity index (χ3v) is 9.31. The highest BCUT2D eigenvalue weighted by atomic mass is 16.7. The Hall–Kier alpha value is -7.78. The number of fused-ring (bicyclic) bond motifs is 1. The summed E-state index contributed by atoms with van der Waals surface area (Å²) in [5.41, 5.74) is -0.884. The lowest BCUT2D eigenvalue weighted by atomic mass is 9.97. The summed E-state index contributed by atoms with van der Waals surface area (Å²) in [6.45, 7) is 0.905. The first kappa shape index (κ1) is 41.4. The molecule has 1 aromatic heterocycles. The van der Waals surface area contributed by atoms with Gasteiger partial charge in [-0.2, -0.15) is 0 Å². The van der Waals surface area contributed by atoms with Crippen LogP contribution in [0, 0.1) is 0 Å². The van der Waals surface area contributed by atoms with Crippen molar-refractivity contribution in [2.45, 2.75) is 44.1 Å². The van der Waals surface area contributed by atoms with Gasteiger partial charge in [-0.1, -0.05) is 79.7 Å². The molecule has 61 heavy (non-hydrogen) atoms. The number of hydrogen-bond acceptors (Lipinski definition) is 15. The molecule has 1 N–H and O–H groups in total. The molecule has 0 spiro atoms. The topological polar surface area (TPSA) is 200 Å². The summed E-state index contributed by atoms with van der Waals surface area (Å²) in [6, 6.07) is 35.5. The number of benzene rings is 5. The van der Waals surface area contributed by atoms with Crippen molar-refractivity contribution >= 4 is 40.8 Å². The zero-order valence-corrected chi connectivity index (χ0v) is 32.2. The Morgan fingerprint density at radius 3 is 1.59 bits per heavy atom. The average molecular weight is 829 g/mol. The van der Waals surface area contributed by atoms with Crippen molar-refractivity contribution in [1.29, 1.82) is 0 Å². The van der Waals surface area contributed by atoms with Crippen molar-refractivity contribution in [3.63, 3.8) is 0 Å². The Kier molecular flexibility index (Phi) is 12.8. The third-order valence-electron chi connectivity index (χ3n) is 9.31. The lowest BCUT2D eigenvalue weighted by molar-refractivity contribution is -0.275. The number of aromatic hydroxyl groups is 1. The zero-order chi connectivity index (χ0) is 42.9.